The minimum Gasteiger partial charge on any atom is -0.308 e. The zero-order valence-electron chi connectivity index (χ0n) is 10.9. The first kappa shape index (κ1) is 13.5. The Hall–Kier alpha value is -0.590. The summed E-state index contributed by atoms with van der Waals surface area (Å²) < 4.78 is 0. The SMILES string of the molecule is CCC1CCC(C#N)(NCCN(C)C)CC1. The van der Waals surface area contributed by atoms with Crippen LogP contribution in [0.3, 0.4) is 0 Å². The molecule has 3 heteroatoms. The van der Waals surface area contributed by atoms with Gasteiger partial charge < -0.3 is 4.90 Å². The van der Waals surface area contributed by atoms with Crippen molar-refractivity contribution >= 4 is 0 Å². The number of likely N-dealkylation sites (N-methyl/N-ethyl adjacent to an activating group) is 1. The Morgan fingerprint density at radius 2 is 2.00 bits per heavy atom. The molecule has 1 rings (SSSR count). The van der Waals surface area contributed by atoms with Gasteiger partial charge in [0.05, 0.1) is 6.07 Å². The molecule has 1 aliphatic carbocycles. The van der Waals surface area contributed by atoms with Crippen LogP contribution in [-0.2, 0) is 0 Å². The average Bonchev–Trinajstić information content (AvgIpc) is 2.29. The molecule has 1 saturated carbocycles. The highest BCUT2D eigenvalue weighted by molar-refractivity contribution is 5.09. The van der Waals surface area contributed by atoms with Crippen molar-refractivity contribution in [2.75, 3.05) is 27.2 Å². The van der Waals surface area contributed by atoms with Crippen molar-refractivity contribution < 1.29 is 0 Å². The number of nitrogens with one attached hydrogen (secondary N) is 1. The van der Waals surface area contributed by atoms with Crippen molar-refractivity contribution in [3.8, 4) is 6.07 Å². The van der Waals surface area contributed by atoms with Crippen LogP contribution in [0.2, 0.25) is 0 Å². The van der Waals surface area contributed by atoms with Crippen molar-refractivity contribution in [1.82, 2.24) is 10.2 Å². The molecule has 0 amide bonds. The van der Waals surface area contributed by atoms with E-state index in [0.717, 1.165) is 31.8 Å². The summed E-state index contributed by atoms with van der Waals surface area (Å²) in [6.07, 6.45) is 5.72. The smallest absolute Gasteiger partial charge is 0.106 e. The molecule has 0 aromatic carbocycles. The molecular weight excluding hydrogens is 198 g/mol. The Bertz CT molecular complexity index is 234. The van der Waals surface area contributed by atoms with Gasteiger partial charge >= 0.3 is 0 Å². The molecule has 0 aliphatic heterocycles. The van der Waals surface area contributed by atoms with Crippen LogP contribution < -0.4 is 5.32 Å². The Balaban J connectivity index is 2.38. The van der Waals surface area contributed by atoms with Gasteiger partial charge in [0.25, 0.3) is 0 Å². The summed E-state index contributed by atoms with van der Waals surface area (Å²) in [5.74, 6) is 0.845. The van der Waals surface area contributed by atoms with Crippen molar-refractivity contribution in [3.05, 3.63) is 0 Å². The summed E-state index contributed by atoms with van der Waals surface area (Å²) >= 11 is 0. The lowest BCUT2D eigenvalue weighted by molar-refractivity contribution is 0.228. The predicted octanol–water partition coefficient (Wildman–Crippen LogP) is 2.00. The Morgan fingerprint density at radius 1 is 1.38 bits per heavy atom. The second-order valence-electron chi connectivity index (χ2n) is 5.28. The summed E-state index contributed by atoms with van der Waals surface area (Å²) in [6, 6.07) is 2.51. The van der Waals surface area contributed by atoms with Crippen molar-refractivity contribution in [2.45, 2.75) is 44.6 Å². The third-order valence-corrected chi connectivity index (χ3v) is 3.77. The largest absolute Gasteiger partial charge is 0.308 e. The number of hydrogen-bond acceptors (Lipinski definition) is 3. The van der Waals surface area contributed by atoms with Gasteiger partial charge in [0.2, 0.25) is 0 Å². The number of rotatable bonds is 5. The minimum absolute atomic E-state index is 0.234. The quantitative estimate of drug-likeness (QED) is 0.775. The topological polar surface area (TPSA) is 39.1 Å². The molecule has 0 aromatic heterocycles. The second kappa shape index (κ2) is 6.22. The molecule has 16 heavy (non-hydrogen) atoms. The van der Waals surface area contributed by atoms with Gasteiger partial charge in [-0.05, 0) is 45.7 Å². The Kier molecular flexibility index (Phi) is 5.24. The van der Waals surface area contributed by atoms with Crippen LogP contribution in [0, 0.1) is 17.2 Å². The summed E-state index contributed by atoms with van der Waals surface area (Å²) in [6.45, 7) is 4.17. The van der Waals surface area contributed by atoms with Gasteiger partial charge in [0.1, 0.15) is 5.54 Å². The predicted molar refractivity (Wildman–Crippen MR) is 67.1 cm³/mol. The molecule has 3 nitrogen and oxygen atoms in total. The van der Waals surface area contributed by atoms with Crippen LogP contribution in [0.4, 0.5) is 0 Å². The van der Waals surface area contributed by atoms with E-state index in [2.05, 4.69) is 37.3 Å². The van der Waals surface area contributed by atoms with E-state index in [1.807, 2.05) is 0 Å². The fraction of sp³-hybridized carbons (Fsp3) is 0.923. The third kappa shape index (κ3) is 3.77. The zero-order valence-corrected chi connectivity index (χ0v) is 10.9. The zero-order chi connectivity index (χ0) is 12.0. The minimum atomic E-state index is -0.234. The first-order valence-corrected chi connectivity index (χ1v) is 6.43. The summed E-state index contributed by atoms with van der Waals surface area (Å²) in [7, 11) is 4.13. The lowest BCUT2D eigenvalue weighted by atomic mass is 9.76. The fourth-order valence-electron chi connectivity index (χ4n) is 2.43. The molecule has 0 radical (unpaired) electrons. The number of nitrogens with zero attached hydrogens (tertiary/aromatic N) is 2. The second-order valence-corrected chi connectivity index (χ2v) is 5.28. The monoisotopic (exact) mass is 223 g/mol. The van der Waals surface area contributed by atoms with E-state index in [1.54, 1.807) is 0 Å². The van der Waals surface area contributed by atoms with Gasteiger partial charge in [-0.15, -0.1) is 0 Å². The van der Waals surface area contributed by atoms with E-state index in [0.29, 0.717) is 0 Å². The lowest BCUT2D eigenvalue weighted by Crippen LogP contribution is -2.48. The maximum atomic E-state index is 9.34. The molecule has 0 aromatic rings. The fourth-order valence-corrected chi connectivity index (χ4v) is 2.43. The summed E-state index contributed by atoms with van der Waals surface area (Å²) in [5, 5.41) is 12.8. The highest BCUT2D eigenvalue weighted by Crippen LogP contribution is 2.33. The molecule has 1 fully saturated rings. The summed E-state index contributed by atoms with van der Waals surface area (Å²) in [5.41, 5.74) is -0.234. The molecule has 0 unspecified atom stereocenters. The molecule has 92 valence electrons. The Morgan fingerprint density at radius 3 is 2.44 bits per heavy atom. The molecule has 0 heterocycles. The highest BCUT2D eigenvalue weighted by atomic mass is 15.1. The maximum Gasteiger partial charge on any atom is 0.106 e. The van der Waals surface area contributed by atoms with E-state index in [-0.39, 0.29) is 5.54 Å². The van der Waals surface area contributed by atoms with Crippen molar-refractivity contribution in [3.63, 3.8) is 0 Å². The summed E-state index contributed by atoms with van der Waals surface area (Å²) in [4.78, 5) is 2.15. The molecule has 0 bridgehead atoms. The molecule has 0 atom stereocenters. The first-order valence-electron chi connectivity index (χ1n) is 6.43. The van der Waals surface area contributed by atoms with Crippen LogP contribution in [0.5, 0.6) is 0 Å². The first-order chi connectivity index (χ1) is 7.62. The van der Waals surface area contributed by atoms with Crippen LogP contribution in [0.15, 0.2) is 0 Å². The Labute approximate surface area is 99.8 Å². The van der Waals surface area contributed by atoms with E-state index in [4.69, 9.17) is 0 Å². The van der Waals surface area contributed by atoms with Crippen LogP contribution in [-0.4, -0.2) is 37.6 Å². The van der Waals surface area contributed by atoms with Gasteiger partial charge in [0.15, 0.2) is 0 Å². The standard InChI is InChI=1S/C13H25N3/c1-4-12-5-7-13(11-14,8-6-12)15-9-10-16(2)3/h12,15H,4-10H2,1-3H3. The van der Waals surface area contributed by atoms with Gasteiger partial charge in [-0.2, -0.15) is 5.26 Å². The average molecular weight is 223 g/mol. The van der Waals surface area contributed by atoms with Crippen LogP contribution in [0.1, 0.15) is 39.0 Å². The molecule has 1 N–H and O–H groups in total. The molecule has 0 spiro atoms. The highest BCUT2D eigenvalue weighted by Gasteiger charge is 2.34. The van der Waals surface area contributed by atoms with Crippen molar-refractivity contribution in [2.24, 2.45) is 5.92 Å². The van der Waals surface area contributed by atoms with Crippen LogP contribution >= 0.6 is 0 Å². The van der Waals surface area contributed by atoms with Gasteiger partial charge in [-0.3, -0.25) is 5.32 Å². The molecule has 1 aliphatic rings. The normalized spacial score (nSPS) is 30.3. The third-order valence-electron chi connectivity index (χ3n) is 3.77. The van der Waals surface area contributed by atoms with Gasteiger partial charge in [-0.1, -0.05) is 13.3 Å². The maximum absolute atomic E-state index is 9.34. The van der Waals surface area contributed by atoms with Crippen molar-refractivity contribution in [1.29, 1.82) is 5.26 Å². The number of nitriles is 1. The van der Waals surface area contributed by atoms with E-state index in [1.165, 1.54) is 19.3 Å². The van der Waals surface area contributed by atoms with E-state index in [9.17, 15) is 5.26 Å². The van der Waals surface area contributed by atoms with Gasteiger partial charge in [0, 0.05) is 13.1 Å². The molecular formula is C13H25N3. The van der Waals surface area contributed by atoms with Crippen LogP contribution in [0.25, 0.3) is 0 Å². The number of hydrogen-bond donors (Lipinski definition) is 1. The van der Waals surface area contributed by atoms with E-state index < -0.39 is 0 Å². The lowest BCUT2D eigenvalue weighted by Gasteiger charge is -2.35. The van der Waals surface area contributed by atoms with Gasteiger partial charge in [-0.25, -0.2) is 0 Å². The van der Waals surface area contributed by atoms with E-state index >= 15 is 0 Å². The molecule has 0 saturated heterocycles.